The van der Waals surface area contributed by atoms with Gasteiger partial charge in [0.05, 0.1) is 10.4 Å². The summed E-state index contributed by atoms with van der Waals surface area (Å²) < 4.78 is 0. The zero-order valence-corrected chi connectivity index (χ0v) is 12.0. The lowest BCUT2D eigenvalue weighted by Gasteiger charge is -2.04. The monoisotopic (exact) mass is 269 g/mol. The number of benzene rings is 1. The molecule has 1 aromatic carbocycles. The lowest BCUT2D eigenvalue weighted by atomic mass is 10.1. The van der Waals surface area contributed by atoms with Crippen LogP contribution in [0.15, 0.2) is 24.3 Å². The fourth-order valence-electron chi connectivity index (χ4n) is 2.06. The maximum absolute atomic E-state index is 6.06. The first-order valence-corrected chi connectivity index (χ1v) is 6.97. The molecule has 2 N–H and O–H groups in total. The van der Waals surface area contributed by atoms with Crippen LogP contribution in [0, 0.1) is 20.8 Å². The molecule has 0 fully saturated rings. The number of hydrogen-bond donors (Lipinski definition) is 1. The minimum atomic E-state index is 0.549. The molecular weight excluding hydrogens is 254 g/mol. The van der Waals surface area contributed by atoms with E-state index in [-0.39, 0.29) is 0 Å². The maximum atomic E-state index is 6.06. The van der Waals surface area contributed by atoms with Crippen molar-refractivity contribution in [3.8, 4) is 10.7 Å². The van der Waals surface area contributed by atoms with Crippen LogP contribution < -0.4 is 5.73 Å². The minimum Gasteiger partial charge on any atom is -0.383 e. The largest absolute Gasteiger partial charge is 0.383 e. The van der Waals surface area contributed by atoms with E-state index in [1.165, 1.54) is 16.0 Å². The molecule has 96 valence electrons. The summed E-state index contributed by atoms with van der Waals surface area (Å²) in [6, 6.07) is 8.19. The highest BCUT2D eigenvalue weighted by Gasteiger charge is 2.10. The summed E-state index contributed by atoms with van der Waals surface area (Å²) >= 11 is 1.71. The summed E-state index contributed by atoms with van der Waals surface area (Å²) in [6.45, 7) is 6.25. The van der Waals surface area contributed by atoms with Crippen molar-refractivity contribution in [2.75, 3.05) is 5.73 Å². The number of fused-ring (bicyclic) bond motifs is 1. The topological polar surface area (TPSA) is 51.8 Å². The summed E-state index contributed by atoms with van der Waals surface area (Å²) in [7, 11) is 0. The maximum Gasteiger partial charge on any atom is 0.172 e. The number of nitrogens with zero attached hydrogens (tertiary/aromatic N) is 2. The van der Waals surface area contributed by atoms with Crippen molar-refractivity contribution in [2.45, 2.75) is 20.8 Å². The van der Waals surface area contributed by atoms with Crippen molar-refractivity contribution in [3.05, 3.63) is 40.3 Å². The quantitative estimate of drug-likeness (QED) is 0.729. The van der Waals surface area contributed by atoms with Crippen LogP contribution in [0.3, 0.4) is 0 Å². The predicted molar refractivity (Wildman–Crippen MR) is 81.5 cm³/mol. The van der Waals surface area contributed by atoms with E-state index < -0.39 is 0 Å². The third kappa shape index (κ3) is 2.08. The van der Waals surface area contributed by atoms with Crippen molar-refractivity contribution in [3.63, 3.8) is 0 Å². The molecule has 0 aliphatic heterocycles. The molecule has 0 saturated carbocycles. The molecule has 0 saturated heterocycles. The van der Waals surface area contributed by atoms with Gasteiger partial charge in [-0.25, -0.2) is 9.97 Å². The number of anilines is 1. The molecule has 4 heteroatoms. The van der Waals surface area contributed by atoms with Crippen molar-refractivity contribution < 1.29 is 0 Å². The number of thiophene rings is 1. The van der Waals surface area contributed by atoms with E-state index >= 15 is 0 Å². The van der Waals surface area contributed by atoms with Crippen molar-refractivity contribution in [1.82, 2.24) is 9.97 Å². The summed E-state index contributed by atoms with van der Waals surface area (Å²) in [5.41, 5.74) is 9.40. The predicted octanol–water partition coefficient (Wildman–Crippen LogP) is 3.87. The number of rotatable bonds is 1. The molecule has 0 amide bonds. The van der Waals surface area contributed by atoms with E-state index in [1.54, 1.807) is 11.3 Å². The zero-order valence-electron chi connectivity index (χ0n) is 11.2. The van der Waals surface area contributed by atoms with E-state index in [4.69, 9.17) is 5.73 Å². The van der Waals surface area contributed by atoms with Crippen LogP contribution in [0.5, 0.6) is 0 Å². The van der Waals surface area contributed by atoms with Gasteiger partial charge in [-0.05, 0) is 44.5 Å². The van der Waals surface area contributed by atoms with E-state index in [9.17, 15) is 0 Å². The highest BCUT2D eigenvalue weighted by molar-refractivity contribution is 7.15. The molecular formula is C15H15N3S. The Hall–Kier alpha value is -1.94. The lowest BCUT2D eigenvalue weighted by Crippen LogP contribution is -1.97. The molecule has 0 aliphatic carbocycles. The van der Waals surface area contributed by atoms with E-state index in [1.807, 2.05) is 25.1 Å². The van der Waals surface area contributed by atoms with E-state index in [0.717, 1.165) is 21.6 Å². The van der Waals surface area contributed by atoms with Gasteiger partial charge < -0.3 is 5.73 Å². The molecule has 0 atom stereocenters. The molecule has 0 aliphatic rings. The van der Waals surface area contributed by atoms with Gasteiger partial charge in [0.25, 0.3) is 0 Å². The van der Waals surface area contributed by atoms with Gasteiger partial charge in [-0.3, -0.25) is 0 Å². The van der Waals surface area contributed by atoms with Gasteiger partial charge in [0, 0.05) is 10.3 Å². The van der Waals surface area contributed by atoms with Crippen molar-refractivity contribution in [1.29, 1.82) is 0 Å². The Morgan fingerprint density at radius 2 is 1.84 bits per heavy atom. The summed E-state index contributed by atoms with van der Waals surface area (Å²) in [5, 5.41) is 0.925. The number of hydrogen-bond acceptors (Lipinski definition) is 4. The highest BCUT2D eigenvalue weighted by atomic mass is 32.1. The molecule has 0 unspecified atom stereocenters. The van der Waals surface area contributed by atoms with Gasteiger partial charge >= 0.3 is 0 Å². The molecule has 19 heavy (non-hydrogen) atoms. The normalized spacial score (nSPS) is 11.1. The average molecular weight is 269 g/mol. The standard InChI is InChI=1S/C15H15N3S/c1-8-4-5-12-11(6-8)14(16)18-15(17-12)13-7-9(2)10(3)19-13/h4-7H,1-3H3,(H2,16,17,18). The van der Waals surface area contributed by atoms with Crippen LogP contribution in [0.4, 0.5) is 5.82 Å². The molecule has 0 bridgehead atoms. The number of nitrogens with two attached hydrogens (primary N) is 1. The van der Waals surface area contributed by atoms with Gasteiger partial charge in [0.2, 0.25) is 0 Å². The van der Waals surface area contributed by atoms with Crippen LogP contribution >= 0.6 is 11.3 Å². The fourth-order valence-corrected chi connectivity index (χ4v) is 3.03. The van der Waals surface area contributed by atoms with Crippen LogP contribution in [0.1, 0.15) is 16.0 Å². The summed E-state index contributed by atoms with van der Waals surface area (Å²) in [5.74, 6) is 1.27. The Morgan fingerprint density at radius 3 is 2.53 bits per heavy atom. The number of aryl methyl sites for hydroxylation is 3. The van der Waals surface area contributed by atoms with Crippen LogP contribution in [0.25, 0.3) is 21.6 Å². The molecule has 0 radical (unpaired) electrons. The number of nitrogen functional groups attached to an aromatic ring is 1. The van der Waals surface area contributed by atoms with Gasteiger partial charge in [0.15, 0.2) is 5.82 Å². The highest BCUT2D eigenvalue weighted by Crippen LogP contribution is 2.30. The minimum absolute atomic E-state index is 0.549. The Morgan fingerprint density at radius 1 is 1.05 bits per heavy atom. The third-order valence-electron chi connectivity index (χ3n) is 3.27. The van der Waals surface area contributed by atoms with Crippen LogP contribution in [-0.2, 0) is 0 Å². The Balaban J connectivity index is 2.23. The summed E-state index contributed by atoms with van der Waals surface area (Å²) in [6.07, 6.45) is 0. The van der Waals surface area contributed by atoms with Gasteiger partial charge in [-0.15, -0.1) is 11.3 Å². The molecule has 2 aromatic heterocycles. The van der Waals surface area contributed by atoms with Crippen LogP contribution in [-0.4, -0.2) is 9.97 Å². The first-order valence-electron chi connectivity index (χ1n) is 6.16. The molecule has 3 nitrogen and oxygen atoms in total. The average Bonchev–Trinajstić information content (AvgIpc) is 2.70. The lowest BCUT2D eigenvalue weighted by molar-refractivity contribution is 1.24. The first kappa shape index (κ1) is 12.1. The first-order chi connectivity index (χ1) is 9.04. The third-order valence-corrected chi connectivity index (χ3v) is 4.42. The Kier molecular flexibility index (Phi) is 2.75. The second-order valence-corrected chi connectivity index (χ2v) is 6.06. The Bertz CT molecular complexity index is 755. The van der Waals surface area contributed by atoms with Crippen molar-refractivity contribution >= 4 is 28.1 Å². The smallest absolute Gasteiger partial charge is 0.172 e. The van der Waals surface area contributed by atoms with Gasteiger partial charge in [0.1, 0.15) is 5.82 Å². The second kappa shape index (κ2) is 4.31. The zero-order chi connectivity index (χ0) is 13.6. The molecule has 2 heterocycles. The summed E-state index contributed by atoms with van der Waals surface area (Å²) in [4.78, 5) is 11.4. The van der Waals surface area contributed by atoms with Crippen LogP contribution in [0.2, 0.25) is 0 Å². The van der Waals surface area contributed by atoms with E-state index in [0.29, 0.717) is 5.82 Å². The van der Waals surface area contributed by atoms with E-state index in [2.05, 4.69) is 29.9 Å². The molecule has 0 spiro atoms. The van der Waals surface area contributed by atoms with Crippen molar-refractivity contribution in [2.24, 2.45) is 0 Å². The number of aromatic nitrogens is 2. The molecule has 3 aromatic rings. The second-order valence-electron chi connectivity index (χ2n) is 4.80. The Labute approximate surface area is 116 Å². The fraction of sp³-hybridized carbons (Fsp3) is 0.200. The molecule has 3 rings (SSSR count). The van der Waals surface area contributed by atoms with Gasteiger partial charge in [-0.2, -0.15) is 0 Å². The van der Waals surface area contributed by atoms with Gasteiger partial charge in [-0.1, -0.05) is 11.6 Å². The SMILES string of the molecule is Cc1ccc2nc(-c3cc(C)c(C)s3)nc(N)c2c1.